The lowest BCUT2D eigenvalue weighted by Gasteiger charge is -2.30. The molecule has 0 N–H and O–H groups in total. The fourth-order valence-electron chi connectivity index (χ4n) is 3.44. The van der Waals surface area contributed by atoms with Gasteiger partial charge in [-0.3, -0.25) is 4.79 Å². The number of carbonyl (C=O) groups excluding carboxylic acids is 1. The van der Waals surface area contributed by atoms with Crippen LogP contribution in [-0.4, -0.2) is 51.3 Å². The first-order valence-electron chi connectivity index (χ1n) is 9.67. The Kier molecular flexibility index (Phi) is 7.26. The predicted octanol–water partition coefficient (Wildman–Crippen LogP) is 4.56. The molecular formula is C23H26BrNO5. The van der Waals surface area contributed by atoms with Crippen LogP contribution in [0.25, 0.3) is 5.57 Å². The van der Waals surface area contributed by atoms with Crippen molar-refractivity contribution in [2.45, 2.75) is 19.4 Å². The van der Waals surface area contributed by atoms with Crippen molar-refractivity contribution < 1.29 is 23.7 Å². The zero-order chi connectivity index (χ0) is 21.7. The van der Waals surface area contributed by atoms with E-state index in [4.69, 9.17) is 18.9 Å². The molecule has 0 aliphatic carbocycles. The van der Waals surface area contributed by atoms with Gasteiger partial charge in [0.2, 0.25) is 0 Å². The Balaban J connectivity index is 1.73. The maximum Gasteiger partial charge on any atom is 0.263 e. The van der Waals surface area contributed by atoms with E-state index in [0.29, 0.717) is 42.5 Å². The van der Waals surface area contributed by atoms with Crippen LogP contribution in [0.1, 0.15) is 18.9 Å². The van der Waals surface area contributed by atoms with Gasteiger partial charge in [-0.1, -0.05) is 22.0 Å². The Labute approximate surface area is 185 Å². The van der Waals surface area contributed by atoms with Gasteiger partial charge in [0.05, 0.1) is 26.9 Å². The molecule has 7 heteroatoms. The summed E-state index contributed by atoms with van der Waals surface area (Å²) in [5.74, 6) is 2.66. The molecule has 0 saturated heterocycles. The molecule has 2 aromatic rings. The Morgan fingerprint density at radius 2 is 1.63 bits per heavy atom. The van der Waals surface area contributed by atoms with Crippen LogP contribution in [0, 0.1) is 0 Å². The number of halogens is 1. The highest BCUT2D eigenvalue weighted by atomic mass is 79.9. The van der Waals surface area contributed by atoms with E-state index in [-0.39, 0.29) is 5.91 Å². The van der Waals surface area contributed by atoms with E-state index < -0.39 is 6.10 Å². The molecule has 30 heavy (non-hydrogen) atoms. The van der Waals surface area contributed by atoms with Crippen LogP contribution in [0.3, 0.4) is 0 Å². The van der Waals surface area contributed by atoms with Crippen molar-refractivity contribution >= 4 is 27.4 Å². The summed E-state index contributed by atoms with van der Waals surface area (Å²) in [6.45, 7) is 2.87. The first-order chi connectivity index (χ1) is 14.5. The summed E-state index contributed by atoms with van der Waals surface area (Å²) in [5.41, 5.74) is 1.98. The number of rotatable bonds is 7. The first-order valence-corrected chi connectivity index (χ1v) is 10.5. The Morgan fingerprint density at radius 3 is 2.13 bits per heavy atom. The van der Waals surface area contributed by atoms with E-state index in [9.17, 15) is 4.79 Å². The third-order valence-corrected chi connectivity index (χ3v) is 5.56. The van der Waals surface area contributed by atoms with Gasteiger partial charge < -0.3 is 23.8 Å². The minimum absolute atomic E-state index is 0.0399. The van der Waals surface area contributed by atoms with Gasteiger partial charge in [0, 0.05) is 29.7 Å². The summed E-state index contributed by atoms with van der Waals surface area (Å²) < 4.78 is 23.2. The molecular weight excluding hydrogens is 450 g/mol. The van der Waals surface area contributed by atoms with Crippen LogP contribution in [-0.2, 0) is 4.79 Å². The van der Waals surface area contributed by atoms with E-state index in [0.717, 1.165) is 15.6 Å². The molecule has 0 saturated carbocycles. The summed E-state index contributed by atoms with van der Waals surface area (Å²) >= 11 is 3.39. The molecule has 3 rings (SSSR count). The molecule has 6 nitrogen and oxygen atoms in total. The maximum absolute atomic E-state index is 12.8. The SMILES string of the molecule is COc1cc(OC)c(C2=CCN(C(=O)[C@H](C)Oc3ccc(Br)cc3)CC2)c(OC)c1. The summed E-state index contributed by atoms with van der Waals surface area (Å²) in [6.07, 6.45) is 2.17. The Morgan fingerprint density at radius 1 is 1.00 bits per heavy atom. The normalized spacial score (nSPS) is 14.6. The second-order valence-electron chi connectivity index (χ2n) is 6.88. The molecule has 0 spiro atoms. The molecule has 160 valence electrons. The van der Waals surface area contributed by atoms with E-state index >= 15 is 0 Å². The van der Waals surface area contributed by atoms with Crippen molar-refractivity contribution in [2.75, 3.05) is 34.4 Å². The molecule has 1 amide bonds. The third-order valence-electron chi connectivity index (χ3n) is 5.03. The van der Waals surface area contributed by atoms with Gasteiger partial charge in [0.25, 0.3) is 5.91 Å². The fraction of sp³-hybridized carbons (Fsp3) is 0.348. The molecule has 1 atom stereocenters. The van der Waals surface area contributed by atoms with Gasteiger partial charge in [0.15, 0.2) is 6.10 Å². The number of nitrogens with zero attached hydrogens (tertiary/aromatic N) is 1. The highest BCUT2D eigenvalue weighted by molar-refractivity contribution is 9.10. The van der Waals surface area contributed by atoms with Gasteiger partial charge >= 0.3 is 0 Å². The molecule has 0 fully saturated rings. The van der Waals surface area contributed by atoms with Crippen molar-refractivity contribution in [2.24, 2.45) is 0 Å². The Hall–Kier alpha value is -2.67. The minimum Gasteiger partial charge on any atom is -0.496 e. The largest absolute Gasteiger partial charge is 0.496 e. The van der Waals surface area contributed by atoms with E-state index in [1.807, 2.05) is 42.5 Å². The minimum atomic E-state index is -0.564. The number of benzene rings is 2. The number of methoxy groups -OCH3 is 3. The number of amides is 1. The smallest absolute Gasteiger partial charge is 0.263 e. The van der Waals surface area contributed by atoms with Crippen molar-refractivity contribution in [1.82, 2.24) is 4.90 Å². The van der Waals surface area contributed by atoms with E-state index in [1.165, 1.54) is 0 Å². The number of ether oxygens (including phenoxy) is 4. The molecule has 1 aliphatic heterocycles. The number of carbonyl (C=O) groups is 1. The average molecular weight is 476 g/mol. The maximum atomic E-state index is 12.8. The average Bonchev–Trinajstić information content (AvgIpc) is 2.79. The monoisotopic (exact) mass is 475 g/mol. The number of hydrogen-bond donors (Lipinski definition) is 0. The van der Waals surface area contributed by atoms with Crippen LogP contribution in [0.4, 0.5) is 0 Å². The third kappa shape index (κ3) is 4.90. The summed E-state index contributed by atoms with van der Waals surface area (Å²) in [4.78, 5) is 14.6. The zero-order valence-electron chi connectivity index (χ0n) is 17.6. The quantitative estimate of drug-likeness (QED) is 0.587. The van der Waals surface area contributed by atoms with Crippen molar-refractivity contribution in [3.63, 3.8) is 0 Å². The van der Waals surface area contributed by atoms with Crippen LogP contribution >= 0.6 is 15.9 Å². The molecule has 0 unspecified atom stereocenters. The van der Waals surface area contributed by atoms with Gasteiger partial charge in [0.1, 0.15) is 23.0 Å². The second kappa shape index (κ2) is 9.89. The molecule has 1 heterocycles. The van der Waals surface area contributed by atoms with Crippen LogP contribution in [0.5, 0.6) is 23.0 Å². The standard InChI is InChI=1S/C23H26BrNO5/c1-15(30-18-7-5-17(24)6-8-18)23(26)25-11-9-16(10-12-25)22-20(28-3)13-19(27-2)14-21(22)29-4/h5-9,13-15H,10-12H2,1-4H3/t15-/m0/s1. The second-order valence-corrected chi connectivity index (χ2v) is 7.80. The van der Waals surface area contributed by atoms with Crippen LogP contribution < -0.4 is 18.9 Å². The van der Waals surface area contributed by atoms with Crippen molar-refractivity contribution in [3.05, 3.63) is 52.5 Å². The lowest BCUT2D eigenvalue weighted by Crippen LogP contribution is -2.42. The molecule has 0 radical (unpaired) electrons. The predicted molar refractivity (Wildman–Crippen MR) is 120 cm³/mol. The lowest BCUT2D eigenvalue weighted by atomic mass is 9.97. The van der Waals surface area contributed by atoms with Gasteiger partial charge in [-0.15, -0.1) is 0 Å². The fourth-order valence-corrected chi connectivity index (χ4v) is 3.71. The highest BCUT2D eigenvalue weighted by Gasteiger charge is 2.26. The molecule has 2 aromatic carbocycles. The van der Waals surface area contributed by atoms with Gasteiger partial charge in [-0.25, -0.2) is 0 Å². The highest BCUT2D eigenvalue weighted by Crippen LogP contribution is 2.40. The topological polar surface area (TPSA) is 57.2 Å². The molecule has 1 aliphatic rings. The van der Waals surface area contributed by atoms with Crippen LogP contribution in [0.2, 0.25) is 0 Å². The van der Waals surface area contributed by atoms with Gasteiger partial charge in [-0.2, -0.15) is 0 Å². The van der Waals surface area contributed by atoms with Gasteiger partial charge in [-0.05, 0) is 43.2 Å². The molecule has 0 bridgehead atoms. The zero-order valence-corrected chi connectivity index (χ0v) is 19.2. The van der Waals surface area contributed by atoms with Crippen molar-refractivity contribution in [3.8, 4) is 23.0 Å². The number of hydrogen-bond acceptors (Lipinski definition) is 5. The van der Waals surface area contributed by atoms with E-state index in [2.05, 4.69) is 15.9 Å². The lowest BCUT2D eigenvalue weighted by molar-refractivity contribution is -0.137. The summed E-state index contributed by atoms with van der Waals surface area (Å²) in [5, 5.41) is 0. The summed E-state index contributed by atoms with van der Waals surface area (Å²) in [6, 6.07) is 11.1. The Bertz CT molecular complexity index is 901. The summed E-state index contributed by atoms with van der Waals surface area (Å²) in [7, 11) is 4.85. The molecule has 0 aromatic heterocycles. The van der Waals surface area contributed by atoms with Crippen LogP contribution in [0.15, 0.2) is 46.9 Å². The first kappa shape index (κ1) is 22.0. The van der Waals surface area contributed by atoms with Crippen molar-refractivity contribution in [1.29, 1.82) is 0 Å². The van der Waals surface area contributed by atoms with E-state index in [1.54, 1.807) is 33.2 Å².